The predicted octanol–water partition coefficient (Wildman–Crippen LogP) is 2.35. The topological polar surface area (TPSA) is 50.1 Å². The maximum absolute atomic E-state index is 9.24. The summed E-state index contributed by atoms with van der Waals surface area (Å²) >= 11 is 0. The van der Waals surface area contributed by atoms with Gasteiger partial charge in [-0.15, -0.1) is 0 Å². The first-order chi connectivity index (χ1) is 9.67. The Morgan fingerprint density at radius 2 is 1.95 bits per heavy atom. The van der Waals surface area contributed by atoms with Gasteiger partial charge in [0.25, 0.3) is 0 Å². The van der Waals surface area contributed by atoms with Crippen molar-refractivity contribution < 1.29 is 5.11 Å². The summed E-state index contributed by atoms with van der Waals surface area (Å²) in [6, 6.07) is 10.3. The van der Waals surface area contributed by atoms with Gasteiger partial charge in [0.15, 0.2) is 0 Å². The van der Waals surface area contributed by atoms with Crippen molar-refractivity contribution in [1.29, 1.82) is 0 Å². The Kier molecular flexibility index (Phi) is 4.93. The molecule has 0 aliphatic heterocycles. The summed E-state index contributed by atoms with van der Waals surface area (Å²) in [5.41, 5.74) is 4.47. The number of para-hydroxylation sites is 1. The molecule has 0 saturated heterocycles. The smallest absolute Gasteiger partial charge is 0.0648 e. The molecule has 0 aliphatic rings. The molecule has 4 nitrogen and oxygen atoms in total. The van der Waals surface area contributed by atoms with Crippen LogP contribution in [0.4, 0.5) is 0 Å². The van der Waals surface area contributed by atoms with E-state index in [0.717, 1.165) is 30.0 Å². The highest BCUT2D eigenvalue weighted by atomic mass is 16.3. The number of aryl methyl sites for hydroxylation is 1. The molecule has 0 unspecified atom stereocenters. The summed E-state index contributed by atoms with van der Waals surface area (Å²) in [7, 11) is 0. The number of aliphatic hydroxyl groups excluding tert-OH is 1. The van der Waals surface area contributed by atoms with E-state index < -0.39 is 0 Å². The first-order valence-electron chi connectivity index (χ1n) is 7.12. The largest absolute Gasteiger partial charge is 0.395 e. The maximum Gasteiger partial charge on any atom is 0.0648 e. The van der Waals surface area contributed by atoms with Crippen molar-refractivity contribution in [3.63, 3.8) is 0 Å². The van der Waals surface area contributed by atoms with Gasteiger partial charge >= 0.3 is 0 Å². The molecule has 1 atom stereocenters. The Bertz CT molecular complexity index is 544. The van der Waals surface area contributed by atoms with E-state index in [2.05, 4.69) is 36.4 Å². The maximum atomic E-state index is 9.24. The molecule has 2 aromatic rings. The van der Waals surface area contributed by atoms with Gasteiger partial charge in [-0.2, -0.15) is 5.10 Å². The van der Waals surface area contributed by atoms with Gasteiger partial charge in [0, 0.05) is 23.8 Å². The lowest BCUT2D eigenvalue weighted by atomic mass is 10.1. The summed E-state index contributed by atoms with van der Waals surface area (Å²) in [6.07, 6.45) is 0.918. The zero-order valence-corrected chi connectivity index (χ0v) is 12.4. The number of rotatable bonds is 6. The lowest BCUT2D eigenvalue weighted by molar-refractivity contribution is 0.238. The number of aliphatic hydroxyl groups is 1. The molecule has 108 valence electrons. The molecule has 0 radical (unpaired) electrons. The molecular formula is C16H23N3O. The average molecular weight is 273 g/mol. The molecule has 0 spiro atoms. The second kappa shape index (κ2) is 6.68. The predicted molar refractivity (Wildman–Crippen MR) is 81.0 cm³/mol. The van der Waals surface area contributed by atoms with Crippen molar-refractivity contribution in [3.8, 4) is 5.69 Å². The van der Waals surface area contributed by atoms with E-state index in [9.17, 15) is 5.11 Å². The Balaban J connectivity index is 2.21. The fourth-order valence-corrected chi connectivity index (χ4v) is 2.34. The van der Waals surface area contributed by atoms with Crippen molar-refractivity contribution in [2.75, 3.05) is 6.61 Å². The second-order valence-electron chi connectivity index (χ2n) is 5.07. The van der Waals surface area contributed by atoms with Crippen LogP contribution in [0.2, 0.25) is 0 Å². The van der Waals surface area contributed by atoms with E-state index in [0.29, 0.717) is 0 Å². The van der Waals surface area contributed by atoms with Crippen molar-refractivity contribution in [2.24, 2.45) is 0 Å². The summed E-state index contributed by atoms with van der Waals surface area (Å²) in [6.45, 7) is 7.10. The third-order valence-corrected chi connectivity index (χ3v) is 3.72. The van der Waals surface area contributed by atoms with Crippen molar-refractivity contribution in [1.82, 2.24) is 15.1 Å². The normalized spacial score (nSPS) is 12.6. The minimum absolute atomic E-state index is 0.147. The lowest BCUT2D eigenvalue weighted by Gasteiger charge is -2.14. The number of aromatic nitrogens is 2. The standard InChI is InChI=1S/C16H23N3O/c1-4-14(11-20)17-10-16-12(2)18-19(13(16)3)15-8-6-5-7-9-15/h5-9,14,17,20H,4,10-11H2,1-3H3/t14-/m1/s1. The molecule has 1 heterocycles. The van der Waals surface area contributed by atoms with Gasteiger partial charge in [0.1, 0.15) is 0 Å². The van der Waals surface area contributed by atoms with E-state index >= 15 is 0 Å². The van der Waals surface area contributed by atoms with Crippen molar-refractivity contribution in [2.45, 2.75) is 39.8 Å². The van der Waals surface area contributed by atoms with Crippen LogP contribution >= 0.6 is 0 Å². The first-order valence-corrected chi connectivity index (χ1v) is 7.12. The summed E-state index contributed by atoms with van der Waals surface area (Å²) < 4.78 is 1.98. The quantitative estimate of drug-likeness (QED) is 0.849. The van der Waals surface area contributed by atoms with Crippen LogP contribution < -0.4 is 5.32 Å². The lowest BCUT2D eigenvalue weighted by Crippen LogP contribution is -2.31. The minimum atomic E-state index is 0.147. The molecule has 1 aromatic carbocycles. The molecule has 0 aliphatic carbocycles. The monoisotopic (exact) mass is 273 g/mol. The van der Waals surface area contributed by atoms with Gasteiger partial charge in [-0.25, -0.2) is 4.68 Å². The van der Waals surface area contributed by atoms with E-state index in [1.807, 2.05) is 29.8 Å². The molecule has 0 fully saturated rings. The van der Waals surface area contributed by atoms with Crippen LogP contribution in [-0.2, 0) is 6.54 Å². The van der Waals surface area contributed by atoms with Gasteiger partial charge in [-0.3, -0.25) is 0 Å². The van der Waals surface area contributed by atoms with Crippen LogP contribution in [0.5, 0.6) is 0 Å². The molecule has 0 bridgehead atoms. The molecular weight excluding hydrogens is 250 g/mol. The molecule has 4 heteroatoms. The summed E-state index contributed by atoms with van der Waals surface area (Å²) in [5.74, 6) is 0. The highest BCUT2D eigenvalue weighted by molar-refractivity contribution is 5.36. The third-order valence-electron chi connectivity index (χ3n) is 3.72. The van der Waals surface area contributed by atoms with E-state index in [1.54, 1.807) is 0 Å². The number of benzene rings is 1. The van der Waals surface area contributed by atoms with Crippen LogP contribution in [0, 0.1) is 13.8 Å². The minimum Gasteiger partial charge on any atom is -0.395 e. The first kappa shape index (κ1) is 14.8. The highest BCUT2D eigenvalue weighted by Gasteiger charge is 2.13. The van der Waals surface area contributed by atoms with E-state index in [4.69, 9.17) is 0 Å². The van der Waals surface area contributed by atoms with Gasteiger partial charge in [0.2, 0.25) is 0 Å². The van der Waals surface area contributed by atoms with Crippen LogP contribution in [0.1, 0.15) is 30.3 Å². The second-order valence-corrected chi connectivity index (χ2v) is 5.07. The van der Waals surface area contributed by atoms with Crippen LogP contribution in [0.25, 0.3) is 5.69 Å². The van der Waals surface area contributed by atoms with E-state index in [1.165, 1.54) is 5.56 Å². The highest BCUT2D eigenvalue weighted by Crippen LogP contribution is 2.17. The Morgan fingerprint density at radius 3 is 2.55 bits per heavy atom. The fraction of sp³-hybridized carbons (Fsp3) is 0.438. The SMILES string of the molecule is CC[C@H](CO)NCc1c(C)nn(-c2ccccc2)c1C. The number of nitrogens with zero attached hydrogens (tertiary/aromatic N) is 2. The number of hydrogen-bond donors (Lipinski definition) is 2. The summed E-state index contributed by atoms with van der Waals surface area (Å²) in [4.78, 5) is 0. The molecule has 0 amide bonds. The Morgan fingerprint density at radius 1 is 1.25 bits per heavy atom. The van der Waals surface area contributed by atoms with Crippen LogP contribution in [-0.4, -0.2) is 27.5 Å². The number of hydrogen-bond acceptors (Lipinski definition) is 3. The zero-order chi connectivity index (χ0) is 14.5. The van der Waals surface area contributed by atoms with Gasteiger partial charge in [0.05, 0.1) is 18.0 Å². The van der Waals surface area contributed by atoms with Gasteiger partial charge in [-0.1, -0.05) is 25.1 Å². The average Bonchev–Trinajstić information content (AvgIpc) is 2.77. The molecule has 0 saturated carbocycles. The number of nitrogens with one attached hydrogen (secondary N) is 1. The molecule has 20 heavy (non-hydrogen) atoms. The fourth-order valence-electron chi connectivity index (χ4n) is 2.34. The van der Waals surface area contributed by atoms with Gasteiger partial charge in [-0.05, 0) is 32.4 Å². The summed E-state index contributed by atoms with van der Waals surface area (Å²) in [5, 5.41) is 17.2. The zero-order valence-electron chi connectivity index (χ0n) is 12.4. The van der Waals surface area contributed by atoms with Crippen LogP contribution in [0.15, 0.2) is 30.3 Å². The Hall–Kier alpha value is -1.65. The third kappa shape index (κ3) is 3.08. The van der Waals surface area contributed by atoms with Crippen molar-refractivity contribution in [3.05, 3.63) is 47.3 Å². The van der Waals surface area contributed by atoms with Crippen molar-refractivity contribution >= 4 is 0 Å². The van der Waals surface area contributed by atoms with Gasteiger partial charge < -0.3 is 10.4 Å². The van der Waals surface area contributed by atoms with E-state index in [-0.39, 0.29) is 12.6 Å². The molecule has 1 aromatic heterocycles. The molecule has 2 rings (SSSR count). The van der Waals surface area contributed by atoms with Crippen LogP contribution in [0.3, 0.4) is 0 Å². The molecule has 2 N–H and O–H groups in total. The Labute approximate surface area is 120 Å².